The molecule has 0 aliphatic rings. The summed E-state index contributed by atoms with van der Waals surface area (Å²) in [6, 6.07) is 12.8. The molecule has 0 radical (unpaired) electrons. The molecule has 1 aromatic heterocycles. The summed E-state index contributed by atoms with van der Waals surface area (Å²) in [4.78, 5) is 0. The summed E-state index contributed by atoms with van der Waals surface area (Å²) in [5, 5.41) is 5.32. The number of halogens is 4. The number of rotatable bonds is 2. The SMILES string of the molecule is FC(F)(F)c1cccc(Cn2nc3ccccc3c2Br)c1. The first-order chi connectivity index (χ1) is 9.95. The van der Waals surface area contributed by atoms with Crippen LogP contribution < -0.4 is 0 Å². The molecule has 1 heterocycles. The number of hydrogen-bond donors (Lipinski definition) is 0. The van der Waals surface area contributed by atoms with Crippen LogP contribution in [-0.4, -0.2) is 9.78 Å². The van der Waals surface area contributed by atoms with E-state index in [2.05, 4.69) is 21.0 Å². The topological polar surface area (TPSA) is 17.8 Å². The van der Waals surface area contributed by atoms with Gasteiger partial charge in [0, 0.05) is 5.39 Å². The number of hydrogen-bond acceptors (Lipinski definition) is 1. The monoisotopic (exact) mass is 354 g/mol. The highest BCUT2D eigenvalue weighted by Gasteiger charge is 2.30. The zero-order chi connectivity index (χ0) is 15.0. The first-order valence-electron chi connectivity index (χ1n) is 6.22. The Morgan fingerprint density at radius 3 is 2.52 bits per heavy atom. The minimum absolute atomic E-state index is 0.277. The second-order valence-corrected chi connectivity index (χ2v) is 5.41. The van der Waals surface area contributed by atoms with Crippen molar-refractivity contribution in [3.63, 3.8) is 0 Å². The van der Waals surface area contributed by atoms with Crippen molar-refractivity contribution >= 4 is 26.8 Å². The third-order valence-electron chi connectivity index (χ3n) is 3.17. The van der Waals surface area contributed by atoms with Gasteiger partial charge in [0.1, 0.15) is 4.60 Å². The van der Waals surface area contributed by atoms with E-state index in [1.54, 1.807) is 10.7 Å². The van der Waals surface area contributed by atoms with E-state index in [4.69, 9.17) is 0 Å². The smallest absolute Gasteiger partial charge is 0.253 e. The Hall–Kier alpha value is -1.82. The van der Waals surface area contributed by atoms with Crippen LogP contribution in [0.4, 0.5) is 13.2 Å². The molecule has 0 amide bonds. The fourth-order valence-corrected chi connectivity index (χ4v) is 2.71. The van der Waals surface area contributed by atoms with E-state index >= 15 is 0 Å². The fourth-order valence-electron chi connectivity index (χ4n) is 2.17. The van der Waals surface area contributed by atoms with Gasteiger partial charge in [-0.15, -0.1) is 0 Å². The van der Waals surface area contributed by atoms with Crippen molar-refractivity contribution in [2.45, 2.75) is 12.7 Å². The summed E-state index contributed by atoms with van der Waals surface area (Å²) in [6.07, 6.45) is -4.33. The highest BCUT2D eigenvalue weighted by Crippen LogP contribution is 2.30. The molecule has 0 atom stereocenters. The highest BCUT2D eigenvalue weighted by molar-refractivity contribution is 9.10. The van der Waals surface area contributed by atoms with Gasteiger partial charge in [0.2, 0.25) is 0 Å². The summed E-state index contributed by atoms with van der Waals surface area (Å²) >= 11 is 3.45. The van der Waals surface area contributed by atoms with E-state index in [0.29, 0.717) is 5.56 Å². The molecule has 21 heavy (non-hydrogen) atoms. The van der Waals surface area contributed by atoms with Crippen LogP contribution in [0.25, 0.3) is 10.9 Å². The summed E-state index contributed by atoms with van der Waals surface area (Å²) in [5.74, 6) is 0. The minimum atomic E-state index is -4.33. The van der Waals surface area contributed by atoms with Gasteiger partial charge in [-0.05, 0) is 39.7 Å². The molecular weight excluding hydrogens is 345 g/mol. The first kappa shape index (κ1) is 14.1. The third kappa shape index (κ3) is 2.81. The molecular formula is C15H10BrF3N2. The lowest BCUT2D eigenvalue weighted by atomic mass is 10.1. The van der Waals surface area contributed by atoms with Gasteiger partial charge in [0.05, 0.1) is 17.6 Å². The summed E-state index contributed by atoms with van der Waals surface area (Å²) in [7, 11) is 0. The summed E-state index contributed by atoms with van der Waals surface area (Å²) in [5.41, 5.74) is 0.711. The zero-order valence-corrected chi connectivity index (χ0v) is 12.3. The standard InChI is InChI=1S/C15H10BrF3N2/c16-14-12-6-1-2-7-13(12)20-21(14)9-10-4-3-5-11(8-10)15(17,18)19/h1-8H,9H2. The number of fused-ring (bicyclic) bond motifs is 1. The Bertz CT molecular complexity index is 793. The molecule has 0 bridgehead atoms. The molecule has 0 saturated carbocycles. The van der Waals surface area contributed by atoms with Crippen molar-refractivity contribution in [2.24, 2.45) is 0 Å². The van der Waals surface area contributed by atoms with E-state index in [9.17, 15) is 13.2 Å². The fraction of sp³-hybridized carbons (Fsp3) is 0.133. The van der Waals surface area contributed by atoms with Crippen LogP contribution in [0.15, 0.2) is 53.1 Å². The van der Waals surface area contributed by atoms with Crippen molar-refractivity contribution < 1.29 is 13.2 Å². The Balaban J connectivity index is 1.97. The maximum Gasteiger partial charge on any atom is 0.416 e. The van der Waals surface area contributed by atoms with Gasteiger partial charge >= 0.3 is 6.18 Å². The average molecular weight is 355 g/mol. The molecule has 0 spiro atoms. The third-order valence-corrected chi connectivity index (χ3v) is 4.00. The van der Waals surface area contributed by atoms with Crippen molar-refractivity contribution in [1.82, 2.24) is 9.78 Å². The second-order valence-electron chi connectivity index (χ2n) is 4.66. The molecule has 0 aliphatic carbocycles. The molecule has 6 heteroatoms. The zero-order valence-electron chi connectivity index (χ0n) is 10.7. The Morgan fingerprint density at radius 2 is 1.81 bits per heavy atom. The van der Waals surface area contributed by atoms with Gasteiger partial charge in [-0.25, -0.2) is 0 Å². The van der Waals surface area contributed by atoms with E-state index in [0.717, 1.165) is 27.6 Å². The van der Waals surface area contributed by atoms with E-state index in [1.807, 2.05) is 24.3 Å². The lowest BCUT2D eigenvalue weighted by Crippen LogP contribution is -2.07. The van der Waals surface area contributed by atoms with Crippen LogP contribution in [-0.2, 0) is 12.7 Å². The predicted molar refractivity (Wildman–Crippen MR) is 78.0 cm³/mol. The Morgan fingerprint density at radius 1 is 1.05 bits per heavy atom. The van der Waals surface area contributed by atoms with Crippen molar-refractivity contribution in [2.75, 3.05) is 0 Å². The van der Waals surface area contributed by atoms with Gasteiger partial charge in [-0.2, -0.15) is 18.3 Å². The Kier molecular flexibility index (Phi) is 3.49. The minimum Gasteiger partial charge on any atom is -0.253 e. The van der Waals surface area contributed by atoms with Crippen LogP contribution in [0.1, 0.15) is 11.1 Å². The first-order valence-corrected chi connectivity index (χ1v) is 7.01. The van der Waals surface area contributed by atoms with Gasteiger partial charge in [-0.1, -0.05) is 30.3 Å². The van der Waals surface area contributed by atoms with Crippen LogP contribution in [0.3, 0.4) is 0 Å². The lowest BCUT2D eigenvalue weighted by molar-refractivity contribution is -0.137. The van der Waals surface area contributed by atoms with Gasteiger partial charge < -0.3 is 0 Å². The maximum absolute atomic E-state index is 12.7. The van der Waals surface area contributed by atoms with Crippen LogP contribution in [0.2, 0.25) is 0 Å². The normalized spacial score (nSPS) is 12.0. The molecule has 0 saturated heterocycles. The number of benzene rings is 2. The quantitative estimate of drug-likeness (QED) is 0.642. The molecule has 0 fully saturated rings. The molecule has 108 valence electrons. The average Bonchev–Trinajstić information content (AvgIpc) is 2.75. The molecule has 2 aromatic carbocycles. The molecule has 0 N–H and O–H groups in total. The number of alkyl halides is 3. The van der Waals surface area contributed by atoms with E-state index in [1.165, 1.54) is 6.07 Å². The molecule has 3 aromatic rings. The van der Waals surface area contributed by atoms with Crippen molar-refractivity contribution in [1.29, 1.82) is 0 Å². The molecule has 0 unspecified atom stereocenters. The second kappa shape index (κ2) is 5.18. The summed E-state index contributed by atoms with van der Waals surface area (Å²) in [6.45, 7) is 0.277. The van der Waals surface area contributed by atoms with Gasteiger partial charge in [0.15, 0.2) is 0 Å². The van der Waals surface area contributed by atoms with E-state index < -0.39 is 11.7 Å². The van der Waals surface area contributed by atoms with Crippen molar-refractivity contribution in [3.8, 4) is 0 Å². The van der Waals surface area contributed by atoms with Crippen LogP contribution in [0, 0.1) is 0 Å². The van der Waals surface area contributed by atoms with Gasteiger partial charge in [-0.3, -0.25) is 4.68 Å². The van der Waals surface area contributed by atoms with E-state index in [-0.39, 0.29) is 6.54 Å². The molecule has 2 nitrogen and oxygen atoms in total. The van der Waals surface area contributed by atoms with Gasteiger partial charge in [0.25, 0.3) is 0 Å². The van der Waals surface area contributed by atoms with Crippen molar-refractivity contribution in [3.05, 3.63) is 64.3 Å². The summed E-state index contributed by atoms with van der Waals surface area (Å²) < 4.78 is 40.6. The lowest BCUT2D eigenvalue weighted by Gasteiger charge is -2.09. The van der Waals surface area contributed by atoms with Crippen LogP contribution in [0.5, 0.6) is 0 Å². The van der Waals surface area contributed by atoms with Crippen LogP contribution >= 0.6 is 15.9 Å². The largest absolute Gasteiger partial charge is 0.416 e. The number of nitrogens with zero attached hydrogens (tertiary/aromatic N) is 2. The Labute approximate surface area is 127 Å². The molecule has 3 rings (SSSR count). The molecule has 0 aliphatic heterocycles. The number of aromatic nitrogens is 2. The maximum atomic E-state index is 12.7. The highest BCUT2D eigenvalue weighted by atomic mass is 79.9. The predicted octanol–water partition coefficient (Wildman–Crippen LogP) is 4.87.